The number of carbonyl (C=O) groups is 1. The van der Waals surface area contributed by atoms with Gasteiger partial charge in [-0.1, -0.05) is 382 Å². The summed E-state index contributed by atoms with van der Waals surface area (Å²) in [5, 5.41) is 87.7. The minimum atomic E-state index is -1.79. The van der Waals surface area contributed by atoms with Crippen molar-refractivity contribution in [3.63, 3.8) is 0 Å². The predicted molar refractivity (Wildman–Crippen MR) is 424 cm³/mol. The monoisotopic (exact) mass is 1440 g/mol. The van der Waals surface area contributed by atoms with E-state index in [1.165, 1.54) is 295 Å². The Balaban J connectivity index is 1.56. The molecule has 0 radical (unpaired) electrons. The lowest BCUT2D eigenvalue weighted by atomic mass is 9.97. The molecule has 2 aliphatic heterocycles. The van der Waals surface area contributed by atoms with Crippen LogP contribution in [-0.4, -0.2) is 140 Å². The van der Waals surface area contributed by atoms with Gasteiger partial charge in [0.05, 0.1) is 32.0 Å². The third-order valence-electron chi connectivity index (χ3n) is 20.9. The van der Waals surface area contributed by atoms with Gasteiger partial charge < -0.3 is 65.1 Å². The van der Waals surface area contributed by atoms with Crippen molar-refractivity contribution in [3.05, 3.63) is 72.9 Å². The van der Waals surface area contributed by atoms with Crippen LogP contribution in [0.1, 0.15) is 386 Å². The van der Waals surface area contributed by atoms with Gasteiger partial charge in [-0.15, -0.1) is 0 Å². The Kier molecular flexibility index (Phi) is 66.8. The summed E-state index contributed by atoms with van der Waals surface area (Å²) in [5.41, 5.74) is 0. The molecule has 0 aromatic carbocycles. The van der Waals surface area contributed by atoms with E-state index in [1.807, 2.05) is 6.08 Å². The molecule has 14 nitrogen and oxygen atoms in total. The number of hydrogen-bond acceptors (Lipinski definition) is 13. The molecule has 0 aliphatic carbocycles. The number of amides is 1. The highest BCUT2D eigenvalue weighted by Gasteiger charge is 2.51. The molecule has 14 heteroatoms. The van der Waals surface area contributed by atoms with E-state index in [4.69, 9.17) is 18.9 Å². The fraction of sp³-hybridized carbons (Fsp3) is 0.852. The largest absolute Gasteiger partial charge is 0.394 e. The van der Waals surface area contributed by atoms with E-state index in [0.29, 0.717) is 12.8 Å². The molecule has 12 atom stereocenters. The Labute approximate surface area is 625 Å². The van der Waals surface area contributed by atoms with Gasteiger partial charge in [0.1, 0.15) is 48.8 Å². The molecule has 2 aliphatic rings. The van der Waals surface area contributed by atoms with Crippen molar-refractivity contribution in [1.29, 1.82) is 0 Å². The van der Waals surface area contributed by atoms with Gasteiger partial charge >= 0.3 is 0 Å². The highest BCUT2D eigenvalue weighted by Crippen LogP contribution is 2.30. The molecule has 2 heterocycles. The number of carbonyl (C=O) groups excluding carboxylic acids is 1. The molecule has 2 rings (SSSR count). The second kappa shape index (κ2) is 71.4. The van der Waals surface area contributed by atoms with Gasteiger partial charge in [0.2, 0.25) is 5.91 Å². The molecule has 0 aromatic heterocycles. The van der Waals surface area contributed by atoms with Crippen LogP contribution in [0.3, 0.4) is 0 Å². The minimum absolute atomic E-state index is 0.242. The predicted octanol–water partition coefficient (Wildman–Crippen LogP) is 20.5. The first-order valence-corrected chi connectivity index (χ1v) is 43.2. The zero-order valence-electron chi connectivity index (χ0n) is 65.6. The van der Waals surface area contributed by atoms with E-state index >= 15 is 0 Å². The number of hydrogen-bond donors (Lipinski definition) is 9. The van der Waals surface area contributed by atoms with E-state index in [2.05, 4.69) is 79.9 Å². The van der Waals surface area contributed by atoms with Crippen LogP contribution in [0.15, 0.2) is 72.9 Å². The van der Waals surface area contributed by atoms with Gasteiger partial charge in [-0.25, -0.2) is 0 Å². The Morgan fingerprint density at radius 2 is 0.686 bits per heavy atom. The maximum atomic E-state index is 13.4. The van der Waals surface area contributed by atoms with E-state index in [-0.39, 0.29) is 18.9 Å². The Bertz CT molecular complexity index is 1990. The SMILES string of the molecule is CC/C=C\C/C=C\C/C=C\C/C=C\CCCCCCCCCCCCCCCCCCCCCCCCCCCCCCC(=O)NC(COC1OC(CO)C(OC2OC(CO)C(O)C(O)C2O)C(O)C1O)C(O)/C=C/CC/C=C/CCCCCCCCCCCCCCCCCCCCCCC. The molecule has 2 saturated heterocycles. The Morgan fingerprint density at radius 3 is 1.08 bits per heavy atom. The molecule has 0 bridgehead atoms. The molecule has 1 amide bonds. The summed E-state index contributed by atoms with van der Waals surface area (Å²) in [6.07, 6.45) is 83.0. The van der Waals surface area contributed by atoms with Crippen molar-refractivity contribution in [2.45, 2.75) is 460 Å². The second-order valence-electron chi connectivity index (χ2n) is 30.3. The lowest BCUT2D eigenvalue weighted by Gasteiger charge is -2.46. The maximum absolute atomic E-state index is 13.4. The fourth-order valence-electron chi connectivity index (χ4n) is 14.1. The highest BCUT2D eigenvalue weighted by atomic mass is 16.7. The van der Waals surface area contributed by atoms with Crippen molar-refractivity contribution in [2.24, 2.45) is 0 Å². The van der Waals surface area contributed by atoms with Gasteiger partial charge in [0.25, 0.3) is 0 Å². The van der Waals surface area contributed by atoms with Crippen LogP contribution in [0.4, 0.5) is 0 Å². The number of unbranched alkanes of at least 4 members (excludes halogenated alkanes) is 50. The normalized spacial score (nSPS) is 22.0. The second-order valence-corrected chi connectivity index (χ2v) is 30.3. The zero-order chi connectivity index (χ0) is 73.7. The summed E-state index contributed by atoms with van der Waals surface area (Å²) in [7, 11) is 0. The Morgan fingerprint density at radius 1 is 0.363 bits per heavy atom. The molecule has 102 heavy (non-hydrogen) atoms. The van der Waals surface area contributed by atoms with Crippen molar-refractivity contribution in [1.82, 2.24) is 5.32 Å². The standard InChI is InChI=1S/C88H161NO13/c1-3-5-7-9-11-13-15-17-19-21-23-25-27-29-31-32-33-34-35-36-37-38-39-40-41-42-43-44-46-48-50-52-54-56-58-60-62-64-66-68-70-72-80(93)89-76(75-99-87-85(98)83(96)86(79(74-91)101-87)102-88-84(97)82(95)81(94)78(73-90)100-88)77(92)71-69-67-65-63-61-59-57-55-53-51-49-47-45-30-28-26-24-22-20-18-16-14-12-10-8-6-4-2/h5,7,11,13,17,19,23,25,61,63,69,71,76-79,81-88,90-92,94-98H,3-4,6,8-10,12,14-16,18,20-22,24,26-60,62,64-68,70,72-75H2,1-2H3,(H,89,93)/b7-5-,13-11-,19-17-,25-23-,63-61+,71-69+. The average molecular weight is 1440 g/mol. The lowest BCUT2D eigenvalue weighted by molar-refractivity contribution is -0.359. The number of aliphatic hydroxyl groups excluding tert-OH is 8. The van der Waals surface area contributed by atoms with Crippen LogP contribution >= 0.6 is 0 Å². The van der Waals surface area contributed by atoms with Crippen molar-refractivity contribution in [3.8, 4) is 0 Å². The van der Waals surface area contributed by atoms with Gasteiger partial charge in [-0.2, -0.15) is 0 Å². The highest BCUT2D eigenvalue weighted by molar-refractivity contribution is 5.76. The molecular formula is C88H161NO13. The zero-order valence-corrected chi connectivity index (χ0v) is 65.6. The van der Waals surface area contributed by atoms with Crippen LogP contribution in [0, 0.1) is 0 Å². The van der Waals surface area contributed by atoms with Crippen molar-refractivity contribution >= 4 is 5.91 Å². The van der Waals surface area contributed by atoms with Crippen molar-refractivity contribution < 1.29 is 64.6 Å². The van der Waals surface area contributed by atoms with Crippen LogP contribution < -0.4 is 5.32 Å². The number of aliphatic hydroxyl groups is 8. The minimum Gasteiger partial charge on any atom is -0.394 e. The van der Waals surface area contributed by atoms with Crippen LogP contribution in [0.5, 0.6) is 0 Å². The molecule has 0 spiro atoms. The smallest absolute Gasteiger partial charge is 0.220 e. The molecule has 9 N–H and O–H groups in total. The maximum Gasteiger partial charge on any atom is 0.220 e. The van der Waals surface area contributed by atoms with E-state index in [9.17, 15) is 45.6 Å². The number of allylic oxidation sites excluding steroid dienone is 11. The summed E-state index contributed by atoms with van der Waals surface area (Å²) < 4.78 is 22.9. The van der Waals surface area contributed by atoms with Crippen LogP contribution in [-0.2, 0) is 23.7 Å². The molecular weight excluding hydrogens is 1280 g/mol. The summed E-state index contributed by atoms with van der Waals surface area (Å²) in [6.45, 7) is 2.73. The Hall–Kier alpha value is -2.57. The number of ether oxygens (including phenoxy) is 4. The van der Waals surface area contributed by atoms with E-state index in [0.717, 1.165) is 57.8 Å². The van der Waals surface area contributed by atoms with Crippen LogP contribution in [0.25, 0.3) is 0 Å². The lowest BCUT2D eigenvalue weighted by Crippen LogP contribution is -2.65. The summed E-state index contributed by atoms with van der Waals surface area (Å²) in [5.74, 6) is -0.242. The quantitative estimate of drug-likeness (QED) is 0.0204. The first-order chi connectivity index (χ1) is 50.1. The molecule has 2 fully saturated rings. The fourth-order valence-corrected chi connectivity index (χ4v) is 14.1. The number of nitrogens with one attached hydrogen (secondary N) is 1. The van der Waals surface area contributed by atoms with Gasteiger partial charge in [0, 0.05) is 6.42 Å². The summed E-state index contributed by atoms with van der Waals surface area (Å²) >= 11 is 0. The van der Waals surface area contributed by atoms with Gasteiger partial charge in [-0.05, 0) is 70.6 Å². The van der Waals surface area contributed by atoms with E-state index in [1.54, 1.807) is 6.08 Å². The summed E-state index contributed by atoms with van der Waals surface area (Å²) in [6, 6.07) is -0.934. The van der Waals surface area contributed by atoms with Gasteiger partial charge in [0.15, 0.2) is 12.6 Å². The molecule has 12 unspecified atom stereocenters. The third-order valence-corrected chi connectivity index (χ3v) is 20.9. The van der Waals surface area contributed by atoms with Crippen molar-refractivity contribution in [2.75, 3.05) is 19.8 Å². The average Bonchev–Trinajstić information content (AvgIpc) is 0.790. The van der Waals surface area contributed by atoms with Crippen LogP contribution in [0.2, 0.25) is 0 Å². The molecule has 596 valence electrons. The number of rotatable bonds is 73. The first kappa shape index (κ1) is 95.5. The topological polar surface area (TPSA) is 228 Å². The molecule has 0 aromatic rings. The van der Waals surface area contributed by atoms with E-state index < -0.39 is 86.8 Å². The molecule has 0 saturated carbocycles. The van der Waals surface area contributed by atoms with Gasteiger partial charge in [-0.3, -0.25) is 4.79 Å². The third kappa shape index (κ3) is 53.3. The summed E-state index contributed by atoms with van der Waals surface area (Å²) in [4.78, 5) is 13.4. The first-order valence-electron chi connectivity index (χ1n) is 43.2.